The number of nitrogens with two attached hydrogens (primary N) is 1. The van der Waals surface area contributed by atoms with E-state index >= 15 is 0 Å². The second-order valence-corrected chi connectivity index (χ2v) is 5.51. The molecule has 1 aliphatic heterocycles. The van der Waals surface area contributed by atoms with Crippen molar-refractivity contribution in [3.05, 3.63) is 34.9 Å². The zero-order valence-corrected chi connectivity index (χ0v) is 11.9. The van der Waals surface area contributed by atoms with Crippen LogP contribution in [0.5, 0.6) is 0 Å². The molecule has 0 saturated carbocycles. The maximum atomic E-state index is 11.8. The van der Waals surface area contributed by atoms with Gasteiger partial charge in [-0.25, -0.2) is 4.79 Å². The third kappa shape index (κ3) is 2.89. The van der Waals surface area contributed by atoms with Crippen LogP contribution in [0, 0.1) is 6.92 Å². The SMILES string of the molecule is Cc1ccc(C(C)C)cc1C1CN(CCN)C(=O)N1. The Hall–Kier alpha value is -1.55. The minimum absolute atomic E-state index is 0.00944. The Bertz CT molecular complexity index is 470. The molecule has 1 unspecified atom stereocenters. The van der Waals surface area contributed by atoms with Crippen molar-refractivity contribution in [3.63, 3.8) is 0 Å². The zero-order chi connectivity index (χ0) is 14.0. The fourth-order valence-electron chi connectivity index (χ4n) is 2.51. The first-order valence-electron chi connectivity index (χ1n) is 6.89. The first kappa shape index (κ1) is 13.9. The Morgan fingerprint density at radius 2 is 2.21 bits per heavy atom. The first-order chi connectivity index (χ1) is 9.02. The number of rotatable bonds is 4. The van der Waals surface area contributed by atoms with Gasteiger partial charge in [-0.05, 0) is 29.5 Å². The van der Waals surface area contributed by atoms with E-state index in [0.717, 1.165) is 0 Å². The molecule has 0 spiro atoms. The van der Waals surface area contributed by atoms with Crippen molar-refractivity contribution < 1.29 is 4.79 Å². The van der Waals surface area contributed by atoms with Crippen LogP contribution in [0.25, 0.3) is 0 Å². The lowest BCUT2D eigenvalue weighted by molar-refractivity contribution is 0.218. The summed E-state index contributed by atoms with van der Waals surface area (Å²) in [4.78, 5) is 13.6. The number of aryl methyl sites for hydroxylation is 1. The number of carbonyl (C=O) groups excluding carboxylic acids is 1. The summed E-state index contributed by atoms with van der Waals surface area (Å²) in [5.74, 6) is 0.497. The first-order valence-corrected chi connectivity index (χ1v) is 6.89. The maximum Gasteiger partial charge on any atom is 0.318 e. The van der Waals surface area contributed by atoms with Gasteiger partial charge >= 0.3 is 6.03 Å². The molecule has 0 bridgehead atoms. The van der Waals surface area contributed by atoms with Crippen LogP contribution in [0.3, 0.4) is 0 Å². The van der Waals surface area contributed by atoms with E-state index in [4.69, 9.17) is 5.73 Å². The fraction of sp³-hybridized carbons (Fsp3) is 0.533. The van der Waals surface area contributed by atoms with E-state index in [1.54, 1.807) is 4.90 Å². The molecule has 1 aromatic carbocycles. The van der Waals surface area contributed by atoms with Crippen molar-refractivity contribution in [3.8, 4) is 0 Å². The molecule has 1 heterocycles. The molecule has 1 atom stereocenters. The second kappa shape index (κ2) is 5.61. The Kier molecular flexibility index (Phi) is 4.10. The van der Waals surface area contributed by atoms with Gasteiger partial charge in [0, 0.05) is 19.6 Å². The van der Waals surface area contributed by atoms with E-state index in [-0.39, 0.29) is 12.1 Å². The lowest BCUT2D eigenvalue weighted by Crippen LogP contribution is -2.32. The number of hydrogen-bond donors (Lipinski definition) is 2. The van der Waals surface area contributed by atoms with Gasteiger partial charge in [0.15, 0.2) is 0 Å². The van der Waals surface area contributed by atoms with Crippen molar-refractivity contribution in [1.29, 1.82) is 0 Å². The monoisotopic (exact) mass is 261 g/mol. The van der Waals surface area contributed by atoms with Crippen LogP contribution >= 0.6 is 0 Å². The van der Waals surface area contributed by atoms with E-state index in [1.807, 2.05) is 0 Å². The van der Waals surface area contributed by atoms with E-state index < -0.39 is 0 Å². The molecule has 104 valence electrons. The summed E-state index contributed by atoms with van der Waals surface area (Å²) in [6.45, 7) is 8.29. The van der Waals surface area contributed by atoms with E-state index in [2.05, 4.69) is 44.3 Å². The average Bonchev–Trinajstić information content (AvgIpc) is 2.71. The highest BCUT2D eigenvalue weighted by Crippen LogP contribution is 2.26. The second-order valence-electron chi connectivity index (χ2n) is 5.51. The van der Waals surface area contributed by atoms with Crippen LogP contribution in [0.1, 0.15) is 42.5 Å². The molecule has 0 radical (unpaired) electrons. The van der Waals surface area contributed by atoms with Gasteiger partial charge in [-0.2, -0.15) is 0 Å². The molecule has 0 aliphatic carbocycles. The molecular weight excluding hydrogens is 238 g/mol. The predicted octanol–water partition coefficient (Wildman–Crippen LogP) is 2.14. The van der Waals surface area contributed by atoms with Crippen molar-refractivity contribution >= 4 is 6.03 Å². The third-order valence-corrected chi connectivity index (χ3v) is 3.73. The summed E-state index contributed by atoms with van der Waals surface area (Å²) in [7, 11) is 0. The molecule has 0 aromatic heterocycles. The third-order valence-electron chi connectivity index (χ3n) is 3.73. The normalized spacial score (nSPS) is 19.1. The summed E-state index contributed by atoms with van der Waals surface area (Å²) in [6, 6.07) is 6.60. The molecular formula is C15H23N3O. The van der Waals surface area contributed by atoms with Gasteiger partial charge in [0.1, 0.15) is 0 Å². The van der Waals surface area contributed by atoms with Crippen molar-refractivity contribution in [2.45, 2.75) is 32.7 Å². The number of nitrogens with one attached hydrogen (secondary N) is 1. The molecule has 2 amide bonds. The van der Waals surface area contributed by atoms with Gasteiger partial charge in [-0.3, -0.25) is 0 Å². The van der Waals surface area contributed by atoms with Gasteiger partial charge in [0.05, 0.1) is 6.04 Å². The number of urea groups is 1. The quantitative estimate of drug-likeness (QED) is 0.872. The van der Waals surface area contributed by atoms with Crippen LogP contribution in [0.15, 0.2) is 18.2 Å². The van der Waals surface area contributed by atoms with E-state index in [1.165, 1.54) is 16.7 Å². The summed E-state index contributed by atoms with van der Waals surface area (Å²) in [5, 5.41) is 3.04. The number of carbonyl (C=O) groups is 1. The zero-order valence-electron chi connectivity index (χ0n) is 11.9. The molecule has 2 rings (SSSR count). The summed E-state index contributed by atoms with van der Waals surface area (Å²) < 4.78 is 0. The lowest BCUT2D eigenvalue weighted by Gasteiger charge is -2.17. The van der Waals surface area contributed by atoms with Gasteiger partial charge in [-0.15, -0.1) is 0 Å². The van der Waals surface area contributed by atoms with Gasteiger partial charge in [0.2, 0.25) is 0 Å². The standard InChI is InChI=1S/C15H23N3O/c1-10(2)12-5-4-11(3)13(8-12)14-9-18(7-6-16)15(19)17-14/h4-5,8,10,14H,6-7,9,16H2,1-3H3,(H,17,19). The Balaban J connectivity index is 2.23. The van der Waals surface area contributed by atoms with Crippen molar-refractivity contribution in [2.75, 3.05) is 19.6 Å². The molecule has 3 N–H and O–H groups in total. The van der Waals surface area contributed by atoms with E-state index in [0.29, 0.717) is 25.6 Å². The van der Waals surface area contributed by atoms with Crippen LogP contribution in [-0.4, -0.2) is 30.6 Å². The summed E-state index contributed by atoms with van der Waals surface area (Å²) in [6.07, 6.45) is 0. The Morgan fingerprint density at radius 3 is 2.84 bits per heavy atom. The highest BCUT2D eigenvalue weighted by atomic mass is 16.2. The molecule has 19 heavy (non-hydrogen) atoms. The molecule has 4 heteroatoms. The highest BCUT2D eigenvalue weighted by Gasteiger charge is 2.30. The average molecular weight is 261 g/mol. The van der Waals surface area contributed by atoms with Crippen molar-refractivity contribution in [1.82, 2.24) is 10.2 Å². The van der Waals surface area contributed by atoms with Crippen molar-refractivity contribution in [2.24, 2.45) is 5.73 Å². The lowest BCUT2D eigenvalue weighted by atomic mass is 9.94. The van der Waals surface area contributed by atoms with Gasteiger partial charge in [-0.1, -0.05) is 32.0 Å². The number of amides is 2. The van der Waals surface area contributed by atoms with Crippen LogP contribution in [0.2, 0.25) is 0 Å². The number of hydrogen-bond acceptors (Lipinski definition) is 2. The molecule has 1 aromatic rings. The van der Waals surface area contributed by atoms with Crippen LogP contribution in [0.4, 0.5) is 4.79 Å². The number of benzene rings is 1. The van der Waals surface area contributed by atoms with Gasteiger partial charge < -0.3 is 16.0 Å². The molecule has 4 nitrogen and oxygen atoms in total. The van der Waals surface area contributed by atoms with Crippen LogP contribution in [-0.2, 0) is 0 Å². The Morgan fingerprint density at radius 1 is 1.47 bits per heavy atom. The summed E-state index contributed by atoms with van der Waals surface area (Å²) >= 11 is 0. The smallest absolute Gasteiger partial charge is 0.318 e. The Labute approximate surface area is 115 Å². The maximum absolute atomic E-state index is 11.8. The summed E-state index contributed by atoms with van der Waals surface area (Å²) in [5.41, 5.74) is 9.29. The molecule has 1 fully saturated rings. The fourth-order valence-corrected chi connectivity index (χ4v) is 2.51. The predicted molar refractivity (Wildman–Crippen MR) is 77.2 cm³/mol. The largest absolute Gasteiger partial charge is 0.329 e. The van der Waals surface area contributed by atoms with E-state index in [9.17, 15) is 4.79 Å². The molecule has 1 saturated heterocycles. The van der Waals surface area contributed by atoms with Gasteiger partial charge in [0.25, 0.3) is 0 Å². The minimum atomic E-state index is -0.00944. The minimum Gasteiger partial charge on any atom is -0.329 e. The molecule has 1 aliphatic rings. The van der Waals surface area contributed by atoms with Crippen LogP contribution < -0.4 is 11.1 Å². The highest BCUT2D eigenvalue weighted by molar-refractivity contribution is 5.77. The topological polar surface area (TPSA) is 58.4 Å². The number of nitrogens with zero attached hydrogens (tertiary/aromatic N) is 1.